The molecule has 1 radical (unpaired) electrons. The fourth-order valence-corrected chi connectivity index (χ4v) is 2.12. The van der Waals surface area contributed by atoms with Crippen LogP contribution in [0.1, 0.15) is 25.3 Å². The number of thiol groups is 1. The van der Waals surface area contributed by atoms with Gasteiger partial charge in [0, 0.05) is 34.0 Å². The van der Waals surface area contributed by atoms with Gasteiger partial charge in [-0.05, 0) is 39.5 Å². The molecular formula is C9H12BrNNaO2S. The molecule has 0 saturated heterocycles. The van der Waals surface area contributed by atoms with E-state index in [2.05, 4.69) is 34.5 Å². The Kier molecular flexibility index (Phi) is 7.12. The van der Waals surface area contributed by atoms with Crippen LogP contribution in [-0.4, -0.2) is 38.0 Å². The normalized spacial score (nSPS) is 10.2. The summed E-state index contributed by atoms with van der Waals surface area (Å²) in [6.45, 7) is 4.17. The zero-order valence-electron chi connectivity index (χ0n) is 8.95. The molecule has 0 aromatic heterocycles. The van der Waals surface area contributed by atoms with Crippen molar-refractivity contribution in [2.24, 2.45) is 0 Å². The van der Waals surface area contributed by atoms with Crippen LogP contribution in [0.4, 0.5) is 5.69 Å². The van der Waals surface area contributed by atoms with Gasteiger partial charge in [-0.25, -0.2) is 8.42 Å². The maximum absolute atomic E-state index is 10.4. The number of halogens is 1. The van der Waals surface area contributed by atoms with E-state index in [1.165, 1.54) is 5.56 Å². The van der Waals surface area contributed by atoms with Crippen molar-refractivity contribution >= 4 is 62.1 Å². The van der Waals surface area contributed by atoms with Crippen molar-refractivity contribution < 1.29 is 8.42 Å². The average molecular weight is 301 g/mol. The summed E-state index contributed by atoms with van der Waals surface area (Å²) < 4.78 is 24.0. The second-order valence-electron chi connectivity index (χ2n) is 3.26. The summed E-state index contributed by atoms with van der Waals surface area (Å²) in [5.41, 5.74) is 1.74. The SMILES string of the molecule is CC(C)c1ccc(N[SH](=O)=O)c(Br)c1.[Na]. The monoisotopic (exact) mass is 300 g/mol. The van der Waals surface area contributed by atoms with Gasteiger partial charge < -0.3 is 0 Å². The van der Waals surface area contributed by atoms with Crippen LogP contribution in [0.5, 0.6) is 0 Å². The average Bonchev–Trinajstić information content (AvgIpc) is 2.07. The fourth-order valence-electron chi connectivity index (χ4n) is 1.08. The standard InChI is InChI=1S/C9H12BrNO2S.Na/c1-6(2)7-3-4-9(8(10)5-7)11-14(12)13;/h3-6,14H,1-2H3,(H,11,12,13);. The molecule has 0 fully saturated rings. The number of hydrogen-bond acceptors (Lipinski definition) is 2. The molecule has 0 spiro atoms. The van der Waals surface area contributed by atoms with Crippen molar-refractivity contribution in [2.75, 3.05) is 4.72 Å². The molecule has 0 aliphatic carbocycles. The van der Waals surface area contributed by atoms with E-state index in [9.17, 15) is 8.42 Å². The zero-order chi connectivity index (χ0) is 10.7. The van der Waals surface area contributed by atoms with Gasteiger partial charge in [0.15, 0.2) is 0 Å². The largest absolute Gasteiger partial charge is 0.285 e. The molecule has 0 aliphatic rings. The number of anilines is 1. The maximum Gasteiger partial charge on any atom is 0.222 e. The zero-order valence-corrected chi connectivity index (χ0v) is 13.4. The van der Waals surface area contributed by atoms with Gasteiger partial charge in [0.25, 0.3) is 0 Å². The van der Waals surface area contributed by atoms with E-state index >= 15 is 0 Å². The third-order valence-electron chi connectivity index (χ3n) is 1.87. The van der Waals surface area contributed by atoms with Crippen LogP contribution in [-0.2, 0) is 10.9 Å². The Labute approximate surface area is 122 Å². The van der Waals surface area contributed by atoms with E-state index in [4.69, 9.17) is 0 Å². The van der Waals surface area contributed by atoms with Gasteiger partial charge in [0.05, 0.1) is 5.69 Å². The fraction of sp³-hybridized carbons (Fsp3) is 0.333. The quantitative estimate of drug-likeness (QED) is 0.663. The molecule has 1 rings (SSSR count). The minimum Gasteiger partial charge on any atom is -0.285 e. The second-order valence-corrected chi connectivity index (χ2v) is 4.86. The Morgan fingerprint density at radius 3 is 2.33 bits per heavy atom. The van der Waals surface area contributed by atoms with E-state index in [1.807, 2.05) is 12.1 Å². The Balaban J connectivity index is 0.00000196. The molecule has 0 unspecified atom stereocenters. The molecule has 1 aromatic carbocycles. The summed E-state index contributed by atoms with van der Waals surface area (Å²) in [6.07, 6.45) is 0. The minimum absolute atomic E-state index is 0. The Hall–Kier alpha value is 0.450. The molecule has 0 saturated carbocycles. The van der Waals surface area contributed by atoms with E-state index in [-0.39, 0.29) is 29.6 Å². The van der Waals surface area contributed by atoms with E-state index in [1.54, 1.807) is 6.07 Å². The molecule has 6 heteroatoms. The molecule has 79 valence electrons. The van der Waals surface area contributed by atoms with Crippen LogP contribution in [0, 0.1) is 0 Å². The number of nitrogens with one attached hydrogen (secondary N) is 1. The summed E-state index contributed by atoms with van der Waals surface area (Å²) in [7, 11) is -2.60. The smallest absolute Gasteiger partial charge is 0.222 e. The van der Waals surface area contributed by atoms with Crippen molar-refractivity contribution in [2.45, 2.75) is 19.8 Å². The summed E-state index contributed by atoms with van der Waals surface area (Å²) in [5, 5.41) is 0. The number of benzene rings is 1. The first-order valence-corrected chi connectivity index (χ1v) is 6.18. The molecule has 0 amide bonds. The van der Waals surface area contributed by atoms with Crippen LogP contribution in [0.25, 0.3) is 0 Å². The van der Waals surface area contributed by atoms with Crippen LogP contribution in [0.15, 0.2) is 22.7 Å². The Morgan fingerprint density at radius 1 is 1.33 bits per heavy atom. The predicted molar refractivity (Wildman–Crippen MR) is 67.9 cm³/mol. The van der Waals surface area contributed by atoms with Crippen LogP contribution in [0.2, 0.25) is 0 Å². The third-order valence-corrected chi connectivity index (χ3v) is 2.95. The van der Waals surface area contributed by atoms with E-state index < -0.39 is 10.9 Å². The minimum atomic E-state index is -2.60. The molecule has 3 nitrogen and oxygen atoms in total. The Morgan fingerprint density at radius 2 is 1.93 bits per heavy atom. The summed E-state index contributed by atoms with van der Waals surface area (Å²) in [4.78, 5) is 0. The van der Waals surface area contributed by atoms with Gasteiger partial charge in [-0.2, -0.15) is 0 Å². The van der Waals surface area contributed by atoms with Crippen LogP contribution >= 0.6 is 15.9 Å². The van der Waals surface area contributed by atoms with E-state index in [0.717, 1.165) is 4.47 Å². The van der Waals surface area contributed by atoms with Gasteiger partial charge in [0.2, 0.25) is 10.9 Å². The van der Waals surface area contributed by atoms with Gasteiger partial charge in [-0.1, -0.05) is 19.9 Å². The first kappa shape index (κ1) is 15.4. The summed E-state index contributed by atoms with van der Waals surface area (Å²) >= 11 is 3.31. The third kappa shape index (κ3) is 4.87. The summed E-state index contributed by atoms with van der Waals surface area (Å²) in [6, 6.07) is 5.59. The van der Waals surface area contributed by atoms with Crippen LogP contribution < -0.4 is 4.72 Å². The van der Waals surface area contributed by atoms with Gasteiger partial charge in [-0.3, -0.25) is 4.72 Å². The van der Waals surface area contributed by atoms with Gasteiger partial charge in [-0.15, -0.1) is 0 Å². The predicted octanol–water partition coefficient (Wildman–Crippen LogP) is 2.13. The van der Waals surface area contributed by atoms with Gasteiger partial charge >= 0.3 is 0 Å². The van der Waals surface area contributed by atoms with Crippen LogP contribution in [0.3, 0.4) is 0 Å². The molecule has 15 heavy (non-hydrogen) atoms. The molecule has 0 bridgehead atoms. The molecule has 0 atom stereocenters. The number of rotatable bonds is 3. The topological polar surface area (TPSA) is 46.2 Å². The molecule has 0 aliphatic heterocycles. The molecule has 1 aromatic rings. The maximum atomic E-state index is 10.4. The first-order valence-electron chi connectivity index (χ1n) is 4.21. The second kappa shape index (κ2) is 6.91. The van der Waals surface area contributed by atoms with Crippen molar-refractivity contribution in [3.05, 3.63) is 28.2 Å². The number of hydrogen-bond donors (Lipinski definition) is 2. The van der Waals surface area contributed by atoms with Crippen molar-refractivity contribution in [3.63, 3.8) is 0 Å². The first-order chi connectivity index (χ1) is 6.50. The molecule has 1 N–H and O–H groups in total. The van der Waals surface area contributed by atoms with Crippen molar-refractivity contribution in [3.8, 4) is 0 Å². The van der Waals surface area contributed by atoms with Crippen molar-refractivity contribution in [1.29, 1.82) is 0 Å². The van der Waals surface area contributed by atoms with Crippen molar-refractivity contribution in [1.82, 2.24) is 0 Å². The van der Waals surface area contributed by atoms with Gasteiger partial charge in [0.1, 0.15) is 0 Å². The Bertz CT molecular complexity index is 399. The molecular weight excluding hydrogens is 289 g/mol. The van der Waals surface area contributed by atoms with E-state index in [0.29, 0.717) is 11.6 Å². The molecule has 0 heterocycles. The summed E-state index contributed by atoms with van der Waals surface area (Å²) in [5.74, 6) is 0.432.